The molecule has 0 fully saturated rings. The van der Waals surface area contributed by atoms with Gasteiger partial charge in [0.1, 0.15) is 0 Å². The van der Waals surface area contributed by atoms with Crippen molar-refractivity contribution in [1.29, 1.82) is 0 Å². The Balaban J connectivity index is 1.37. The van der Waals surface area contributed by atoms with Gasteiger partial charge in [-0.25, -0.2) is 0 Å². The molecule has 246 valence electrons. The van der Waals surface area contributed by atoms with Crippen LogP contribution >= 0.6 is 0 Å². The predicted octanol–water partition coefficient (Wildman–Crippen LogP) is 10.6. The summed E-state index contributed by atoms with van der Waals surface area (Å²) in [5.74, 6) is 0. The quantitative estimate of drug-likeness (QED) is 0.165. The van der Waals surface area contributed by atoms with Crippen molar-refractivity contribution in [3.63, 3.8) is 0 Å². The van der Waals surface area contributed by atoms with Crippen LogP contribution in [-0.2, 0) is 0 Å². The van der Waals surface area contributed by atoms with Crippen LogP contribution in [0.25, 0.3) is 88.4 Å². The summed E-state index contributed by atoms with van der Waals surface area (Å²) in [6.07, 6.45) is 0. The standard InChI is InChI=1S/C50H33BN2/c1-30-22-23-42-38(24-30)39-25-31(2)26-41-49(39)52(42)43-28-36(32-14-6-3-7-15-32)29-44-47(43)51(41)46-37-21-13-12-20-35(37)27-40-45(33-16-8-4-9-17-33)48(53(44)50(40)46)34-18-10-5-11-19-34/h3-29H,1-2H3. The Labute approximate surface area is 308 Å². The molecule has 0 radical (unpaired) electrons. The fraction of sp³-hybridized carbons (Fsp3) is 0.0400. The van der Waals surface area contributed by atoms with Gasteiger partial charge in [-0.1, -0.05) is 139 Å². The molecule has 2 aliphatic heterocycles. The highest BCUT2D eigenvalue weighted by Gasteiger charge is 2.43. The van der Waals surface area contributed by atoms with Gasteiger partial charge in [-0.3, -0.25) is 0 Å². The van der Waals surface area contributed by atoms with E-state index < -0.39 is 0 Å². The maximum Gasteiger partial charge on any atom is 0.253 e. The number of hydrogen-bond acceptors (Lipinski definition) is 0. The molecule has 4 heterocycles. The first-order valence-electron chi connectivity index (χ1n) is 18.6. The van der Waals surface area contributed by atoms with Crippen LogP contribution in [0, 0.1) is 13.8 Å². The molecule has 0 saturated heterocycles. The van der Waals surface area contributed by atoms with Gasteiger partial charge >= 0.3 is 0 Å². The molecular formula is C50H33BN2. The van der Waals surface area contributed by atoms with Crippen LogP contribution in [0.5, 0.6) is 0 Å². The summed E-state index contributed by atoms with van der Waals surface area (Å²) in [6, 6.07) is 61.4. The Morgan fingerprint density at radius 2 is 1.06 bits per heavy atom. The highest BCUT2D eigenvalue weighted by atomic mass is 15.0. The van der Waals surface area contributed by atoms with Gasteiger partial charge in [0.25, 0.3) is 6.71 Å². The highest BCUT2D eigenvalue weighted by molar-refractivity contribution is 7.01. The van der Waals surface area contributed by atoms with Gasteiger partial charge in [-0.05, 0) is 99.7 Å². The Bertz CT molecular complexity index is 3170. The van der Waals surface area contributed by atoms with Gasteiger partial charge in [-0.15, -0.1) is 0 Å². The first-order valence-corrected chi connectivity index (χ1v) is 18.6. The molecule has 10 aromatic rings. The maximum atomic E-state index is 2.64. The summed E-state index contributed by atoms with van der Waals surface area (Å²) < 4.78 is 5.24. The van der Waals surface area contributed by atoms with E-state index >= 15 is 0 Å². The molecule has 3 heteroatoms. The summed E-state index contributed by atoms with van der Waals surface area (Å²) in [5.41, 5.74) is 20.6. The van der Waals surface area contributed by atoms with Crippen LogP contribution in [0.4, 0.5) is 0 Å². The van der Waals surface area contributed by atoms with E-state index in [1.807, 2.05) is 0 Å². The summed E-state index contributed by atoms with van der Waals surface area (Å²) >= 11 is 0. The summed E-state index contributed by atoms with van der Waals surface area (Å²) in [6.45, 7) is 4.54. The molecule has 2 nitrogen and oxygen atoms in total. The van der Waals surface area contributed by atoms with E-state index in [4.69, 9.17) is 0 Å². The third-order valence-electron chi connectivity index (χ3n) is 11.9. The van der Waals surface area contributed by atoms with Crippen LogP contribution in [0.3, 0.4) is 0 Å². The van der Waals surface area contributed by atoms with Crippen LogP contribution in [0.2, 0.25) is 0 Å². The van der Waals surface area contributed by atoms with E-state index in [0.29, 0.717) is 0 Å². The lowest BCUT2D eigenvalue weighted by Crippen LogP contribution is -2.59. The second kappa shape index (κ2) is 10.5. The largest absolute Gasteiger partial charge is 0.310 e. The zero-order chi connectivity index (χ0) is 34.9. The number of aryl methyl sites for hydroxylation is 2. The average molecular weight is 673 g/mol. The van der Waals surface area contributed by atoms with Gasteiger partial charge in [0.2, 0.25) is 0 Å². The van der Waals surface area contributed by atoms with Crippen LogP contribution in [-0.4, -0.2) is 15.8 Å². The van der Waals surface area contributed by atoms with Crippen molar-refractivity contribution in [2.75, 3.05) is 0 Å². The van der Waals surface area contributed by atoms with Gasteiger partial charge in [0, 0.05) is 38.6 Å². The highest BCUT2D eigenvalue weighted by Crippen LogP contribution is 2.47. The lowest BCUT2D eigenvalue weighted by atomic mass is 9.33. The van der Waals surface area contributed by atoms with Crippen molar-refractivity contribution >= 4 is 66.6 Å². The lowest BCUT2D eigenvalue weighted by Gasteiger charge is -2.35. The molecule has 53 heavy (non-hydrogen) atoms. The van der Waals surface area contributed by atoms with E-state index in [-0.39, 0.29) is 6.71 Å². The van der Waals surface area contributed by atoms with E-state index in [1.54, 1.807) is 0 Å². The van der Waals surface area contributed by atoms with Gasteiger partial charge < -0.3 is 9.13 Å². The van der Waals surface area contributed by atoms with E-state index in [2.05, 4.69) is 187 Å². The minimum atomic E-state index is 0.0494. The Morgan fingerprint density at radius 1 is 0.415 bits per heavy atom. The minimum absolute atomic E-state index is 0.0494. The molecule has 0 spiro atoms. The van der Waals surface area contributed by atoms with E-state index in [1.165, 1.54) is 116 Å². The van der Waals surface area contributed by atoms with Crippen LogP contribution in [0.15, 0.2) is 164 Å². The number of aromatic nitrogens is 2. The smallest absolute Gasteiger partial charge is 0.253 e. The maximum absolute atomic E-state index is 2.64. The van der Waals surface area contributed by atoms with Crippen molar-refractivity contribution in [2.45, 2.75) is 13.8 Å². The summed E-state index contributed by atoms with van der Waals surface area (Å²) in [7, 11) is 0. The Hall–Kier alpha value is -6.58. The molecule has 2 aromatic heterocycles. The van der Waals surface area contributed by atoms with Gasteiger partial charge in [-0.2, -0.15) is 0 Å². The summed E-state index contributed by atoms with van der Waals surface area (Å²) in [5, 5.41) is 6.55. The number of hydrogen-bond donors (Lipinski definition) is 0. The molecule has 0 unspecified atom stereocenters. The second-order valence-electron chi connectivity index (χ2n) is 15.0. The molecule has 12 rings (SSSR count). The number of nitrogens with zero attached hydrogens (tertiary/aromatic N) is 2. The zero-order valence-corrected chi connectivity index (χ0v) is 29.6. The molecule has 0 amide bonds. The van der Waals surface area contributed by atoms with Crippen LogP contribution in [0.1, 0.15) is 11.1 Å². The fourth-order valence-corrected chi connectivity index (χ4v) is 9.90. The molecule has 0 saturated carbocycles. The van der Waals surface area contributed by atoms with Crippen molar-refractivity contribution in [3.8, 4) is 44.9 Å². The van der Waals surface area contributed by atoms with Crippen molar-refractivity contribution in [2.24, 2.45) is 0 Å². The molecule has 0 N–H and O–H groups in total. The Morgan fingerprint density at radius 3 is 1.81 bits per heavy atom. The fourth-order valence-electron chi connectivity index (χ4n) is 9.90. The average Bonchev–Trinajstić information content (AvgIpc) is 3.71. The van der Waals surface area contributed by atoms with Gasteiger partial charge in [0.05, 0.1) is 16.7 Å². The predicted molar refractivity (Wildman–Crippen MR) is 226 cm³/mol. The second-order valence-corrected chi connectivity index (χ2v) is 15.0. The molecular weight excluding hydrogens is 639 g/mol. The first kappa shape index (κ1) is 29.0. The molecule has 0 bridgehead atoms. The monoisotopic (exact) mass is 672 g/mol. The number of benzene rings is 8. The molecule has 0 aliphatic carbocycles. The lowest BCUT2D eigenvalue weighted by molar-refractivity contribution is 1.12. The molecule has 8 aromatic carbocycles. The van der Waals surface area contributed by atoms with E-state index in [0.717, 1.165) is 0 Å². The SMILES string of the molecule is Cc1ccc2c(c1)c1cc(C)cc3c1n2-c1cc(-c2ccccc2)cc2c1B3c1c3ccccc3cc3c(-c4ccccc4)c(-c4ccccc4)n-2c13. The number of fused-ring (bicyclic) bond motifs is 9. The van der Waals surface area contributed by atoms with Crippen molar-refractivity contribution in [3.05, 3.63) is 175 Å². The van der Waals surface area contributed by atoms with Crippen LogP contribution < -0.4 is 16.4 Å². The molecule has 0 atom stereocenters. The zero-order valence-electron chi connectivity index (χ0n) is 29.6. The van der Waals surface area contributed by atoms with Crippen molar-refractivity contribution in [1.82, 2.24) is 9.13 Å². The third-order valence-corrected chi connectivity index (χ3v) is 11.9. The minimum Gasteiger partial charge on any atom is -0.310 e. The topological polar surface area (TPSA) is 9.86 Å². The summed E-state index contributed by atoms with van der Waals surface area (Å²) in [4.78, 5) is 0. The normalized spacial score (nSPS) is 12.7. The molecule has 2 aliphatic rings. The van der Waals surface area contributed by atoms with E-state index in [9.17, 15) is 0 Å². The van der Waals surface area contributed by atoms with Crippen molar-refractivity contribution < 1.29 is 0 Å². The Kier molecular flexibility index (Phi) is 5.75. The third kappa shape index (κ3) is 3.84. The van der Waals surface area contributed by atoms with Gasteiger partial charge in [0.15, 0.2) is 0 Å². The number of rotatable bonds is 3. The first-order chi connectivity index (χ1) is 26.1.